The number of aliphatic hydroxyl groups is 1. The summed E-state index contributed by atoms with van der Waals surface area (Å²) in [5.74, 6) is 0.674. The standard InChI is InChI=1S/C11H13FO.C11H11FO/c2*12-10-4-1-8(2-5-10)9-3-6-11(13)7-9/h1-2,4-5,9,11,13H,3,6-7H2;1-2,4-5,9H,3,6-7H2. The van der Waals surface area contributed by atoms with Gasteiger partial charge in [0.2, 0.25) is 0 Å². The van der Waals surface area contributed by atoms with Gasteiger partial charge in [0.25, 0.3) is 0 Å². The van der Waals surface area contributed by atoms with Crippen LogP contribution in [0.15, 0.2) is 48.5 Å². The first-order valence-corrected chi connectivity index (χ1v) is 9.22. The Balaban J connectivity index is 0.000000151. The molecule has 0 bridgehead atoms. The maximum absolute atomic E-state index is 12.6. The molecule has 26 heavy (non-hydrogen) atoms. The third-order valence-electron chi connectivity index (χ3n) is 5.33. The Bertz CT molecular complexity index is 725. The molecule has 4 rings (SSSR count). The SMILES string of the molecule is O=C1CCC(c2ccc(F)cc2)C1.OC1CCC(c2ccc(F)cc2)C1. The number of halogens is 2. The van der Waals surface area contributed by atoms with E-state index in [9.17, 15) is 18.7 Å². The number of carbonyl (C=O) groups is 1. The third-order valence-corrected chi connectivity index (χ3v) is 5.33. The van der Waals surface area contributed by atoms with E-state index in [1.54, 1.807) is 12.1 Å². The van der Waals surface area contributed by atoms with Gasteiger partial charge < -0.3 is 5.11 Å². The number of carbonyl (C=O) groups excluding carboxylic acids is 1. The van der Waals surface area contributed by atoms with Crippen molar-refractivity contribution in [1.82, 2.24) is 0 Å². The topological polar surface area (TPSA) is 37.3 Å². The fraction of sp³-hybridized carbons (Fsp3) is 0.409. The van der Waals surface area contributed by atoms with E-state index in [0.29, 0.717) is 30.5 Å². The van der Waals surface area contributed by atoms with Crippen molar-refractivity contribution in [2.75, 3.05) is 0 Å². The van der Waals surface area contributed by atoms with Gasteiger partial charge in [-0.3, -0.25) is 4.79 Å². The van der Waals surface area contributed by atoms with Gasteiger partial charge in [-0.05, 0) is 72.9 Å². The first-order valence-electron chi connectivity index (χ1n) is 9.22. The van der Waals surface area contributed by atoms with Crippen molar-refractivity contribution in [2.45, 2.75) is 56.5 Å². The van der Waals surface area contributed by atoms with E-state index < -0.39 is 0 Å². The molecular weight excluding hydrogens is 334 g/mol. The van der Waals surface area contributed by atoms with E-state index in [0.717, 1.165) is 36.8 Å². The Hall–Kier alpha value is -2.07. The molecule has 3 atom stereocenters. The van der Waals surface area contributed by atoms with Gasteiger partial charge in [0.15, 0.2) is 0 Å². The van der Waals surface area contributed by atoms with Crippen LogP contribution in [0.2, 0.25) is 0 Å². The lowest BCUT2D eigenvalue weighted by atomic mass is 9.98. The molecule has 0 amide bonds. The van der Waals surface area contributed by atoms with Crippen molar-refractivity contribution in [1.29, 1.82) is 0 Å². The Kier molecular flexibility index (Phi) is 6.15. The fourth-order valence-electron chi connectivity index (χ4n) is 3.83. The molecule has 2 saturated carbocycles. The number of aliphatic hydroxyl groups excluding tert-OH is 1. The maximum atomic E-state index is 12.6. The largest absolute Gasteiger partial charge is 0.393 e. The van der Waals surface area contributed by atoms with Crippen LogP contribution in [0.4, 0.5) is 8.78 Å². The molecule has 2 aromatic carbocycles. The lowest BCUT2D eigenvalue weighted by Gasteiger charge is -2.08. The fourth-order valence-corrected chi connectivity index (χ4v) is 3.83. The van der Waals surface area contributed by atoms with Crippen LogP contribution in [0.25, 0.3) is 0 Å². The number of rotatable bonds is 2. The van der Waals surface area contributed by atoms with Crippen molar-refractivity contribution < 1.29 is 18.7 Å². The highest BCUT2D eigenvalue weighted by atomic mass is 19.1. The van der Waals surface area contributed by atoms with Crippen LogP contribution in [0.3, 0.4) is 0 Å². The molecule has 0 saturated heterocycles. The van der Waals surface area contributed by atoms with Crippen LogP contribution in [-0.4, -0.2) is 17.0 Å². The van der Waals surface area contributed by atoms with Crippen molar-refractivity contribution in [3.63, 3.8) is 0 Å². The van der Waals surface area contributed by atoms with Crippen LogP contribution >= 0.6 is 0 Å². The molecule has 138 valence electrons. The van der Waals surface area contributed by atoms with Gasteiger partial charge >= 0.3 is 0 Å². The van der Waals surface area contributed by atoms with Crippen molar-refractivity contribution >= 4 is 5.78 Å². The maximum Gasteiger partial charge on any atom is 0.133 e. The van der Waals surface area contributed by atoms with Crippen LogP contribution in [0.5, 0.6) is 0 Å². The predicted molar refractivity (Wildman–Crippen MR) is 97.0 cm³/mol. The van der Waals surface area contributed by atoms with E-state index in [1.165, 1.54) is 24.3 Å². The van der Waals surface area contributed by atoms with Gasteiger partial charge in [-0.25, -0.2) is 8.78 Å². The zero-order chi connectivity index (χ0) is 18.5. The molecule has 0 heterocycles. The molecule has 0 aromatic heterocycles. The first kappa shape index (κ1) is 18.7. The number of Topliss-reactive ketones (excluding diaryl/α,β-unsaturated/α-hetero) is 1. The van der Waals surface area contributed by atoms with Gasteiger partial charge in [0.1, 0.15) is 17.4 Å². The van der Waals surface area contributed by atoms with Crippen molar-refractivity contribution in [3.05, 3.63) is 71.3 Å². The third kappa shape index (κ3) is 4.98. The minimum Gasteiger partial charge on any atom is -0.393 e. The Labute approximate surface area is 152 Å². The van der Waals surface area contributed by atoms with Crippen LogP contribution < -0.4 is 0 Å². The molecule has 0 spiro atoms. The highest BCUT2D eigenvalue weighted by molar-refractivity contribution is 5.81. The summed E-state index contributed by atoms with van der Waals surface area (Å²) in [6.07, 6.45) is 4.80. The lowest BCUT2D eigenvalue weighted by molar-refractivity contribution is -0.117. The first-order chi connectivity index (χ1) is 12.5. The van der Waals surface area contributed by atoms with E-state index in [4.69, 9.17) is 0 Å². The second-order valence-corrected chi connectivity index (χ2v) is 7.25. The van der Waals surface area contributed by atoms with E-state index in [2.05, 4.69) is 0 Å². The summed E-state index contributed by atoms with van der Waals surface area (Å²) in [5, 5.41) is 9.34. The van der Waals surface area contributed by atoms with Gasteiger partial charge in [-0.2, -0.15) is 0 Å². The molecule has 2 aliphatic rings. The van der Waals surface area contributed by atoms with Crippen molar-refractivity contribution in [2.24, 2.45) is 0 Å². The summed E-state index contributed by atoms with van der Waals surface area (Å²) in [6.45, 7) is 0. The minimum atomic E-state index is -0.215. The minimum absolute atomic E-state index is 0.157. The molecule has 2 aromatic rings. The van der Waals surface area contributed by atoms with Crippen LogP contribution in [0.1, 0.15) is 61.5 Å². The van der Waals surface area contributed by atoms with Gasteiger partial charge in [0, 0.05) is 12.8 Å². The average Bonchev–Trinajstić information content (AvgIpc) is 3.25. The van der Waals surface area contributed by atoms with Gasteiger partial charge in [-0.15, -0.1) is 0 Å². The van der Waals surface area contributed by atoms with E-state index in [1.807, 2.05) is 12.1 Å². The Morgan fingerprint density at radius 1 is 0.769 bits per heavy atom. The normalized spacial score (nSPS) is 25.0. The summed E-state index contributed by atoms with van der Waals surface area (Å²) < 4.78 is 25.2. The zero-order valence-electron chi connectivity index (χ0n) is 14.7. The molecule has 2 fully saturated rings. The molecule has 4 heteroatoms. The number of benzene rings is 2. The predicted octanol–water partition coefficient (Wildman–Crippen LogP) is 5.12. The molecule has 0 aliphatic heterocycles. The highest BCUT2D eigenvalue weighted by Crippen LogP contribution is 2.34. The van der Waals surface area contributed by atoms with E-state index in [-0.39, 0.29) is 17.7 Å². The zero-order valence-corrected chi connectivity index (χ0v) is 14.7. The quantitative estimate of drug-likeness (QED) is 0.809. The molecular formula is C22H24F2O2. The molecule has 2 aliphatic carbocycles. The van der Waals surface area contributed by atoms with Crippen molar-refractivity contribution in [3.8, 4) is 0 Å². The second-order valence-electron chi connectivity index (χ2n) is 7.25. The van der Waals surface area contributed by atoms with Crippen LogP contribution in [-0.2, 0) is 4.79 Å². The van der Waals surface area contributed by atoms with Gasteiger partial charge in [-0.1, -0.05) is 24.3 Å². The molecule has 1 N–H and O–H groups in total. The number of hydrogen-bond acceptors (Lipinski definition) is 2. The van der Waals surface area contributed by atoms with Gasteiger partial charge in [0.05, 0.1) is 6.10 Å². The summed E-state index contributed by atoms with van der Waals surface area (Å²) in [5.41, 5.74) is 2.24. The van der Waals surface area contributed by atoms with E-state index >= 15 is 0 Å². The molecule has 3 unspecified atom stereocenters. The highest BCUT2D eigenvalue weighted by Gasteiger charge is 2.24. The Morgan fingerprint density at radius 3 is 1.73 bits per heavy atom. The molecule has 2 nitrogen and oxygen atoms in total. The molecule has 0 radical (unpaired) electrons. The van der Waals surface area contributed by atoms with Crippen LogP contribution in [0, 0.1) is 11.6 Å². The second kappa shape index (κ2) is 8.54. The average molecular weight is 358 g/mol. The number of hydrogen-bond donors (Lipinski definition) is 1. The monoisotopic (exact) mass is 358 g/mol. The summed E-state index contributed by atoms with van der Waals surface area (Å²) in [4.78, 5) is 11.0. The lowest BCUT2D eigenvalue weighted by Crippen LogP contribution is -1.99. The Morgan fingerprint density at radius 2 is 1.31 bits per heavy atom. The summed E-state index contributed by atoms with van der Waals surface area (Å²) in [7, 11) is 0. The number of ketones is 1. The summed E-state index contributed by atoms with van der Waals surface area (Å²) in [6, 6.07) is 13.1. The smallest absolute Gasteiger partial charge is 0.133 e. The summed E-state index contributed by atoms with van der Waals surface area (Å²) >= 11 is 0.